The molecule has 23 heavy (non-hydrogen) atoms. The Bertz CT molecular complexity index is 545. The summed E-state index contributed by atoms with van der Waals surface area (Å²) in [6.07, 6.45) is 4.05. The monoisotopic (exact) mass is 379 g/mol. The maximum absolute atomic E-state index is 10.7. The molecule has 0 N–H and O–H groups in total. The molecule has 4 saturated heterocycles. The van der Waals surface area contributed by atoms with Crippen molar-refractivity contribution in [2.75, 3.05) is 38.9 Å². The van der Waals surface area contributed by atoms with Crippen molar-refractivity contribution in [1.29, 1.82) is 0 Å². The van der Waals surface area contributed by atoms with E-state index in [4.69, 9.17) is 0 Å². The maximum Gasteiger partial charge on any atom is 0.121 e. The molecule has 3 nitrogen and oxygen atoms in total. The minimum absolute atomic E-state index is 0.921. The number of halogens is 6. The second kappa shape index (κ2) is 4.79. The van der Waals surface area contributed by atoms with Crippen LogP contribution in [-0.2, 0) is 0 Å². The first-order valence-corrected chi connectivity index (χ1v) is 11.3. The van der Waals surface area contributed by atoms with E-state index in [9.17, 15) is 25.2 Å². The van der Waals surface area contributed by atoms with E-state index in [2.05, 4.69) is 45.0 Å². The average Bonchev–Trinajstić information content (AvgIpc) is 2.34. The zero-order chi connectivity index (χ0) is 17.0. The van der Waals surface area contributed by atoms with Gasteiger partial charge < -0.3 is 0 Å². The molecule has 0 unspecified atom stereocenters. The quantitative estimate of drug-likeness (QED) is 0.529. The van der Waals surface area contributed by atoms with Crippen molar-refractivity contribution in [3.05, 3.63) is 30.3 Å². The second-order valence-corrected chi connectivity index (χ2v) is 11.9. The van der Waals surface area contributed by atoms with E-state index in [0.717, 1.165) is 0 Å². The van der Waals surface area contributed by atoms with Crippen molar-refractivity contribution in [3.8, 4) is 0 Å². The van der Waals surface area contributed by atoms with Gasteiger partial charge in [-0.05, 0) is 12.1 Å². The van der Waals surface area contributed by atoms with E-state index in [1.165, 1.54) is 38.9 Å². The van der Waals surface area contributed by atoms with Crippen LogP contribution in [0.3, 0.4) is 0 Å². The van der Waals surface area contributed by atoms with Crippen LogP contribution in [0.25, 0.3) is 0 Å². The Morgan fingerprint density at radius 3 is 1.39 bits per heavy atom. The van der Waals surface area contributed by atoms with Crippen molar-refractivity contribution in [2.45, 2.75) is 0 Å². The second-order valence-electron chi connectivity index (χ2n) is 6.30. The van der Waals surface area contributed by atoms with Crippen molar-refractivity contribution in [3.63, 3.8) is 0 Å². The Balaban J connectivity index is 0.000000193. The molecule has 132 valence electrons. The smallest absolute Gasteiger partial charge is 0.121 e. The number of hydrogen-bond donors (Lipinski definition) is 0. The van der Waals surface area contributed by atoms with Crippen molar-refractivity contribution < 1.29 is 25.2 Å². The van der Waals surface area contributed by atoms with Gasteiger partial charge in [-0.2, -0.15) is 0 Å². The van der Waals surface area contributed by atoms with Gasteiger partial charge in [0.2, 0.25) is 0 Å². The standard InChI is InChI=1S/C12H17N3P.F6P/c1-2-4-12(5-3-1)16-9-13-6-14(10-16)8-15(7-13)11-16;1-7(2,3,4,5)6/h1-5H,6-11H2;/q+1;-1. The van der Waals surface area contributed by atoms with Crippen LogP contribution >= 0.6 is 15.1 Å². The van der Waals surface area contributed by atoms with Gasteiger partial charge in [0.25, 0.3) is 0 Å². The molecule has 4 bridgehead atoms. The Kier molecular flexibility index (Phi) is 3.62. The van der Waals surface area contributed by atoms with Gasteiger partial charge >= 0.3 is 33.0 Å². The predicted octanol–water partition coefficient (Wildman–Crippen LogP) is 4.40. The molecule has 0 radical (unpaired) electrons. The van der Waals surface area contributed by atoms with E-state index >= 15 is 0 Å². The van der Waals surface area contributed by atoms with Gasteiger partial charge in [-0.15, -0.1) is 0 Å². The van der Waals surface area contributed by atoms with Gasteiger partial charge in [0.15, 0.2) is 0 Å². The third-order valence-corrected chi connectivity index (χ3v) is 8.13. The molecule has 0 aromatic heterocycles. The molecular formula is C12H17F6N3P2. The largest absolute Gasteiger partial charge is 0.244 e. The van der Waals surface area contributed by atoms with Gasteiger partial charge in [0.05, 0.1) is 32.6 Å². The normalized spacial score (nSPS) is 38.3. The van der Waals surface area contributed by atoms with Crippen LogP contribution < -0.4 is 5.30 Å². The molecule has 0 amide bonds. The molecule has 5 rings (SSSR count). The van der Waals surface area contributed by atoms with Crippen molar-refractivity contribution >= 4 is 20.4 Å². The van der Waals surface area contributed by atoms with Gasteiger partial charge in [0, 0.05) is 0 Å². The summed E-state index contributed by atoms with van der Waals surface area (Å²) in [6, 6.07) is 11.2. The summed E-state index contributed by atoms with van der Waals surface area (Å²) in [5.74, 6) is 0. The molecule has 4 heterocycles. The van der Waals surface area contributed by atoms with E-state index in [1.807, 2.05) is 0 Å². The Hall–Kier alpha value is -0.460. The molecule has 4 fully saturated rings. The average molecular weight is 379 g/mol. The van der Waals surface area contributed by atoms with Gasteiger partial charge in [-0.25, -0.2) is 14.7 Å². The molecule has 4 aliphatic heterocycles. The summed E-state index contributed by atoms with van der Waals surface area (Å²) in [5, 5.41) is 1.63. The predicted molar refractivity (Wildman–Crippen MR) is 81.3 cm³/mol. The number of nitrogens with zero attached hydrogens (tertiary/aromatic N) is 3. The molecule has 0 atom stereocenters. The van der Waals surface area contributed by atoms with Gasteiger partial charge in [-0.3, -0.25) is 0 Å². The third kappa shape index (κ3) is 5.00. The van der Waals surface area contributed by atoms with Crippen LogP contribution in [0.1, 0.15) is 0 Å². The first kappa shape index (κ1) is 17.4. The fraction of sp³-hybridized carbons (Fsp3) is 0.500. The Morgan fingerprint density at radius 2 is 1.04 bits per heavy atom. The first-order chi connectivity index (χ1) is 10.3. The van der Waals surface area contributed by atoms with Crippen LogP contribution in [-0.4, -0.2) is 53.6 Å². The number of benzene rings is 1. The fourth-order valence-electron chi connectivity index (χ4n) is 3.52. The third-order valence-electron chi connectivity index (χ3n) is 3.92. The van der Waals surface area contributed by atoms with Crippen molar-refractivity contribution in [1.82, 2.24) is 14.7 Å². The molecule has 0 aliphatic carbocycles. The van der Waals surface area contributed by atoms with Crippen molar-refractivity contribution in [2.24, 2.45) is 0 Å². The summed E-state index contributed by atoms with van der Waals surface area (Å²) in [4.78, 5) is 7.87. The van der Waals surface area contributed by atoms with Crippen LogP contribution in [0.4, 0.5) is 25.2 Å². The first-order valence-electron chi connectivity index (χ1n) is 6.94. The molecule has 1 aromatic carbocycles. The topological polar surface area (TPSA) is 9.72 Å². The number of rotatable bonds is 1. The van der Waals surface area contributed by atoms with Crippen LogP contribution in [0.15, 0.2) is 30.3 Å². The minimum atomic E-state index is -10.7. The van der Waals surface area contributed by atoms with E-state index < -0.39 is 15.1 Å². The van der Waals surface area contributed by atoms with E-state index in [0.29, 0.717) is 0 Å². The molecule has 0 saturated carbocycles. The number of hydrogen-bond acceptors (Lipinski definition) is 3. The van der Waals surface area contributed by atoms with Crippen LogP contribution in [0.2, 0.25) is 0 Å². The summed E-state index contributed by atoms with van der Waals surface area (Å²) < 4.78 is 59.2. The van der Waals surface area contributed by atoms with Gasteiger partial charge in [0.1, 0.15) is 18.9 Å². The molecule has 1 aromatic rings. The van der Waals surface area contributed by atoms with E-state index in [-0.39, 0.29) is 0 Å². The van der Waals surface area contributed by atoms with Crippen LogP contribution in [0.5, 0.6) is 0 Å². The summed E-state index contributed by atoms with van der Waals surface area (Å²) in [5.41, 5.74) is 0. The minimum Gasteiger partial charge on any atom is -0.244 e. The SMILES string of the molecule is F[P-](F)(F)(F)(F)F.c1ccc([P+]23CN4CN(CN(C4)C2)C3)cc1. The molecular weight excluding hydrogens is 362 g/mol. The van der Waals surface area contributed by atoms with E-state index in [1.54, 1.807) is 5.30 Å². The Morgan fingerprint density at radius 1 is 0.696 bits per heavy atom. The molecule has 0 spiro atoms. The van der Waals surface area contributed by atoms with Crippen LogP contribution in [0, 0.1) is 0 Å². The zero-order valence-corrected chi connectivity index (χ0v) is 13.9. The van der Waals surface area contributed by atoms with Gasteiger partial charge in [-0.1, -0.05) is 18.2 Å². The fourth-order valence-corrected chi connectivity index (χ4v) is 7.92. The zero-order valence-electron chi connectivity index (χ0n) is 12.1. The summed E-state index contributed by atoms with van der Waals surface area (Å²) in [7, 11) is -11.6. The summed E-state index contributed by atoms with van der Waals surface area (Å²) in [6.45, 7) is 3.60. The Labute approximate surface area is 130 Å². The maximum atomic E-state index is 9.87. The molecule has 11 heteroatoms. The summed E-state index contributed by atoms with van der Waals surface area (Å²) >= 11 is 0. The molecule has 4 aliphatic rings.